The van der Waals surface area contributed by atoms with E-state index in [-0.39, 0.29) is 0 Å². The zero-order valence-electron chi connectivity index (χ0n) is 6.92. The van der Waals surface area contributed by atoms with E-state index in [2.05, 4.69) is 32.3 Å². The van der Waals surface area contributed by atoms with Crippen molar-refractivity contribution in [1.82, 2.24) is 4.90 Å². The SMILES string of the molecule is Brc1ccsc1CN1CCCC1. The van der Waals surface area contributed by atoms with Crippen molar-refractivity contribution in [2.24, 2.45) is 0 Å². The van der Waals surface area contributed by atoms with Crippen LogP contribution in [0.15, 0.2) is 15.9 Å². The molecule has 3 heteroatoms. The number of nitrogens with zero attached hydrogens (tertiary/aromatic N) is 1. The first kappa shape index (κ1) is 8.73. The third kappa shape index (κ3) is 1.90. The van der Waals surface area contributed by atoms with Gasteiger partial charge in [-0.2, -0.15) is 0 Å². The van der Waals surface area contributed by atoms with E-state index in [4.69, 9.17) is 0 Å². The summed E-state index contributed by atoms with van der Waals surface area (Å²) in [6.45, 7) is 3.70. The molecule has 1 saturated heterocycles. The van der Waals surface area contributed by atoms with Crippen LogP contribution in [0.1, 0.15) is 17.7 Å². The fraction of sp³-hybridized carbons (Fsp3) is 0.556. The molecular formula is C9H12BrNS. The minimum Gasteiger partial charge on any atom is -0.298 e. The van der Waals surface area contributed by atoms with E-state index in [1.165, 1.54) is 35.3 Å². The number of thiophene rings is 1. The predicted molar refractivity (Wildman–Crippen MR) is 56.5 cm³/mol. The zero-order valence-corrected chi connectivity index (χ0v) is 9.33. The first-order valence-corrected chi connectivity index (χ1v) is 5.98. The monoisotopic (exact) mass is 245 g/mol. The molecule has 0 atom stereocenters. The highest BCUT2D eigenvalue weighted by Gasteiger charge is 2.13. The molecule has 0 bridgehead atoms. The Morgan fingerprint density at radius 1 is 1.42 bits per heavy atom. The van der Waals surface area contributed by atoms with E-state index in [0.29, 0.717) is 0 Å². The molecule has 1 aliphatic heterocycles. The fourth-order valence-corrected chi connectivity index (χ4v) is 3.10. The molecule has 2 heterocycles. The Kier molecular flexibility index (Phi) is 2.84. The molecule has 12 heavy (non-hydrogen) atoms. The Balaban J connectivity index is 1.98. The van der Waals surface area contributed by atoms with Crippen molar-refractivity contribution in [1.29, 1.82) is 0 Å². The minimum atomic E-state index is 1.14. The van der Waals surface area contributed by atoms with Gasteiger partial charge in [-0.1, -0.05) is 0 Å². The Hall–Kier alpha value is 0.140. The van der Waals surface area contributed by atoms with Crippen LogP contribution in [0.2, 0.25) is 0 Å². The van der Waals surface area contributed by atoms with Crippen LogP contribution in [-0.2, 0) is 6.54 Å². The van der Waals surface area contributed by atoms with E-state index in [1.807, 2.05) is 11.3 Å². The van der Waals surface area contributed by atoms with Crippen LogP contribution in [0.4, 0.5) is 0 Å². The van der Waals surface area contributed by atoms with Crippen molar-refractivity contribution in [2.75, 3.05) is 13.1 Å². The number of halogens is 1. The second kappa shape index (κ2) is 3.90. The molecule has 2 rings (SSSR count). The van der Waals surface area contributed by atoms with Crippen molar-refractivity contribution in [3.63, 3.8) is 0 Å². The molecule has 1 aliphatic rings. The summed E-state index contributed by atoms with van der Waals surface area (Å²) in [4.78, 5) is 3.99. The van der Waals surface area contributed by atoms with Crippen LogP contribution in [-0.4, -0.2) is 18.0 Å². The van der Waals surface area contributed by atoms with Gasteiger partial charge in [0.05, 0.1) is 0 Å². The van der Waals surface area contributed by atoms with Crippen LogP contribution < -0.4 is 0 Å². The topological polar surface area (TPSA) is 3.24 Å². The summed E-state index contributed by atoms with van der Waals surface area (Å²) >= 11 is 5.41. The summed E-state index contributed by atoms with van der Waals surface area (Å²) in [5.74, 6) is 0. The van der Waals surface area contributed by atoms with Gasteiger partial charge >= 0.3 is 0 Å². The molecule has 0 amide bonds. The first-order chi connectivity index (χ1) is 5.86. The van der Waals surface area contributed by atoms with Crippen molar-refractivity contribution in [3.8, 4) is 0 Å². The average Bonchev–Trinajstić information content (AvgIpc) is 2.65. The van der Waals surface area contributed by atoms with Crippen molar-refractivity contribution in [2.45, 2.75) is 19.4 Å². The van der Waals surface area contributed by atoms with Gasteiger partial charge in [-0.25, -0.2) is 0 Å². The molecule has 1 aromatic rings. The van der Waals surface area contributed by atoms with Crippen molar-refractivity contribution >= 4 is 27.3 Å². The molecule has 0 aliphatic carbocycles. The third-order valence-electron chi connectivity index (χ3n) is 2.26. The average molecular weight is 246 g/mol. The predicted octanol–water partition coefficient (Wildman–Crippen LogP) is 3.11. The van der Waals surface area contributed by atoms with Gasteiger partial charge in [0.25, 0.3) is 0 Å². The lowest BCUT2D eigenvalue weighted by atomic mass is 10.4. The van der Waals surface area contributed by atoms with Crippen LogP contribution in [0.3, 0.4) is 0 Å². The first-order valence-electron chi connectivity index (χ1n) is 4.30. The van der Waals surface area contributed by atoms with Gasteiger partial charge in [-0.15, -0.1) is 11.3 Å². The highest BCUT2D eigenvalue weighted by molar-refractivity contribution is 9.10. The van der Waals surface area contributed by atoms with E-state index in [1.54, 1.807) is 0 Å². The normalized spacial score (nSPS) is 18.8. The van der Waals surface area contributed by atoms with Gasteiger partial charge in [-0.05, 0) is 53.3 Å². The van der Waals surface area contributed by atoms with Gasteiger partial charge in [0.2, 0.25) is 0 Å². The minimum absolute atomic E-state index is 1.14. The molecule has 0 N–H and O–H groups in total. The maximum atomic E-state index is 3.56. The third-order valence-corrected chi connectivity index (χ3v) is 4.17. The Morgan fingerprint density at radius 3 is 2.75 bits per heavy atom. The molecule has 0 saturated carbocycles. The lowest BCUT2D eigenvalue weighted by Gasteiger charge is -2.12. The number of rotatable bonds is 2. The lowest BCUT2D eigenvalue weighted by Crippen LogP contribution is -2.17. The second-order valence-electron chi connectivity index (χ2n) is 3.17. The molecule has 0 spiro atoms. The number of hydrogen-bond donors (Lipinski definition) is 0. The fourth-order valence-electron chi connectivity index (χ4n) is 1.58. The van der Waals surface area contributed by atoms with Crippen molar-refractivity contribution < 1.29 is 0 Å². The summed E-state index contributed by atoms with van der Waals surface area (Å²) in [6.07, 6.45) is 2.76. The van der Waals surface area contributed by atoms with Gasteiger partial charge in [0.1, 0.15) is 0 Å². The van der Waals surface area contributed by atoms with Gasteiger partial charge in [0.15, 0.2) is 0 Å². The summed E-state index contributed by atoms with van der Waals surface area (Å²) in [5.41, 5.74) is 0. The van der Waals surface area contributed by atoms with Gasteiger partial charge in [-0.3, -0.25) is 4.90 Å². The van der Waals surface area contributed by atoms with Crippen LogP contribution >= 0.6 is 27.3 Å². The molecule has 1 aromatic heterocycles. The van der Waals surface area contributed by atoms with E-state index in [9.17, 15) is 0 Å². The molecule has 1 nitrogen and oxygen atoms in total. The molecule has 1 fully saturated rings. The molecular weight excluding hydrogens is 234 g/mol. The largest absolute Gasteiger partial charge is 0.298 e. The van der Waals surface area contributed by atoms with E-state index in [0.717, 1.165) is 6.54 Å². The standard InChI is InChI=1S/C9H12BrNS/c10-8-3-6-12-9(8)7-11-4-1-2-5-11/h3,6H,1-2,4-5,7H2. The number of likely N-dealkylation sites (tertiary alicyclic amines) is 1. The molecule has 0 aromatic carbocycles. The van der Waals surface area contributed by atoms with Crippen LogP contribution in [0, 0.1) is 0 Å². The maximum absolute atomic E-state index is 3.56. The lowest BCUT2D eigenvalue weighted by molar-refractivity contribution is 0.334. The Bertz CT molecular complexity index is 253. The highest BCUT2D eigenvalue weighted by atomic mass is 79.9. The zero-order chi connectivity index (χ0) is 8.39. The highest BCUT2D eigenvalue weighted by Crippen LogP contribution is 2.25. The van der Waals surface area contributed by atoms with Crippen molar-refractivity contribution in [3.05, 3.63) is 20.8 Å². The molecule has 0 radical (unpaired) electrons. The summed E-state index contributed by atoms with van der Waals surface area (Å²) in [5, 5.41) is 2.15. The van der Waals surface area contributed by atoms with E-state index >= 15 is 0 Å². The van der Waals surface area contributed by atoms with Crippen LogP contribution in [0.5, 0.6) is 0 Å². The van der Waals surface area contributed by atoms with Crippen LogP contribution in [0.25, 0.3) is 0 Å². The van der Waals surface area contributed by atoms with Gasteiger partial charge < -0.3 is 0 Å². The smallest absolute Gasteiger partial charge is 0.0339 e. The second-order valence-corrected chi connectivity index (χ2v) is 5.03. The number of hydrogen-bond acceptors (Lipinski definition) is 2. The summed E-state index contributed by atoms with van der Waals surface area (Å²) < 4.78 is 1.28. The quantitative estimate of drug-likeness (QED) is 0.775. The molecule has 0 unspecified atom stereocenters. The van der Waals surface area contributed by atoms with Gasteiger partial charge in [0, 0.05) is 15.9 Å². The maximum Gasteiger partial charge on any atom is 0.0339 e. The summed E-state index contributed by atoms with van der Waals surface area (Å²) in [7, 11) is 0. The Labute approximate surface area is 85.5 Å². The summed E-state index contributed by atoms with van der Waals surface area (Å²) in [6, 6.07) is 2.13. The molecule has 66 valence electrons. The van der Waals surface area contributed by atoms with E-state index < -0.39 is 0 Å². The Morgan fingerprint density at radius 2 is 2.17 bits per heavy atom.